The van der Waals surface area contributed by atoms with E-state index >= 15 is 0 Å². The number of rotatable bonds is 3. The van der Waals surface area contributed by atoms with Crippen LogP contribution < -0.4 is 35.1 Å². The normalized spacial score (nSPS) is 9.88. The maximum Gasteiger partial charge on any atom is 1.00 e. The summed E-state index contributed by atoms with van der Waals surface area (Å²) in [6, 6.07) is 10.9. The molecule has 8 heteroatoms. The molecule has 1 aromatic heterocycles. The molecule has 0 bridgehead atoms. The molecule has 3 aromatic rings. The van der Waals surface area contributed by atoms with Gasteiger partial charge in [-0.05, 0) is 23.8 Å². The Kier molecular flexibility index (Phi) is 6.80. The van der Waals surface area contributed by atoms with Gasteiger partial charge < -0.3 is 10.6 Å². The van der Waals surface area contributed by atoms with Crippen LogP contribution in [0.1, 0.15) is 21.6 Å². The Balaban J connectivity index is 0.00000144. The van der Waals surface area contributed by atoms with Gasteiger partial charge in [0, 0.05) is 11.8 Å². The second kappa shape index (κ2) is 8.16. The summed E-state index contributed by atoms with van der Waals surface area (Å²) < 4.78 is 13.4. The van der Waals surface area contributed by atoms with Crippen LogP contribution in [0, 0.1) is 5.82 Å². The van der Waals surface area contributed by atoms with Crippen molar-refractivity contribution in [3.8, 4) is 0 Å². The molecule has 118 valence electrons. The van der Waals surface area contributed by atoms with Crippen molar-refractivity contribution in [3.63, 3.8) is 0 Å². The molecule has 0 atom stereocenters. The Morgan fingerprint density at radius 2 is 1.83 bits per heavy atom. The maximum atomic E-state index is 13.4. The fourth-order valence-corrected chi connectivity index (χ4v) is 2.35. The summed E-state index contributed by atoms with van der Waals surface area (Å²) >= 11 is 0. The second-order valence-electron chi connectivity index (χ2n) is 4.84. The number of benzene rings is 2. The van der Waals surface area contributed by atoms with Crippen LogP contribution in [0.4, 0.5) is 4.39 Å². The van der Waals surface area contributed by atoms with Crippen molar-refractivity contribution in [3.05, 3.63) is 75.5 Å². The van der Waals surface area contributed by atoms with E-state index in [4.69, 9.17) is 5.11 Å². The molecule has 0 aliphatic carbocycles. The van der Waals surface area contributed by atoms with Gasteiger partial charge in [0.05, 0.1) is 16.6 Å². The van der Waals surface area contributed by atoms with Crippen LogP contribution in [0.3, 0.4) is 0 Å². The Labute approximate surface area is 157 Å². The molecule has 0 amide bonds. The minimum absolute atomic E-state index is 0. The van der Waals surface area contributed by atoms with Gasteiger partial charge >= 0.3 is 35.5 Å². The summed E-state index contributed by atoms with van der Waals surface area (Å²) in [4.78, 5) is 22.7. The topological polar surface area (TPSA) is 113 Å². The fourth-order valence-electron chi connectivity index (χ4n) is 2.35. The maximum absolute atomic E-state index is 13.4. The molecule has 1 heterocycles. The van der Waals surface area contributed by atoms with Gasteiger partial charge in [0.15, 0.2) is 0 Å². The van der Waals surface area contributed by atoms with Crippen molar-refractivity contribution in [1.82, 2.24) is 10.2 Å². The molecule has 0 spiro atoms. The molecule has 2 aromatic carbocycles. The van der Waals surface area contributed by atoms with Crippen molar-refractivity contribution >= 4 is 16.7 Å². The number of nitrogens with one attached hydrogen (secondary N) is 1. The summed E-state index contributed by atoms with van der Waals surface area (Å²) in [5, 5.41) is 16.6. The summed E-state index contributed by atoms with van der Waals surface area (Å²) in [6.07, 6.45) is 0.290. The second-order valence-corrected chi connectivity index (χ2v) is 4.84. The van der Waals surface area contributed by atoms with E-state index in [-0.39, 0.29) is 52.6 Å². The van der Waals surface area contributed by atoms with Crippen molar-refractivity contribution in [1.29, 1.82) is 0 Å². The molecule has 0 fully saturated rings. The van der Waals surface area contributed by atoms with Crippen LogP contribution in [0.15, 0.2) is 47.3 Å². The summed E-state index contributed by atoms with van der Waals surface area (Å²) in [5.41, 5.74) is 0.526. The largest absolute Gasteiger partial charge is 1.00 e. The molecule has 0 aliphatic heterocycles. The molecule has 6 nitrogen and oxygen atoms in total. The number of aromatic nitrogens is 2. The van der Waals surface area contributed by atoms with Crippen LogP contribution in [0.2, 0.25) is 0 Å². The first-order chi connectivity index (χ1) is 10.6. The Hall–Kier alpha value is -2.06. The van der Waals surface area contributed by atoms with Gasteiger partial charge in [-0.25, -0.2) is 14.3 Å². The minimum Gasteiger partial charge on any atom is -0.870 e. The zero-order chi connectivity index (χ0) is 15.7. The van der Waals surface area contributed by atoms with Gasteiger partial charge in [-0.15, -0.1) is 0 Å². The third kappa shape index (κ3) is 3.88. The van der Waals surface area contributed by atoms with Crippen molar-refractivity contribution in [2.45, 2.75) is 6.42 Å². The molecule has 3 N–H and O–H groups in total. The number of nitrogens with zero attached hydrogens (tertiary/aromatic N) is 1. The molecule has 0 saturated heterocycles. The van der Waals surface area contributed by atoms with Gasteiger partial charge in [-0.3, -0.25) is 4.79 Å². The van der Waals surface area contributed by atoms with Crippen LogP contribution in [0.25, 0.3) is 10.8 Å². The van der Waals surface area contributed by atoms with Gasteiger partial charge in [-0.2, -0.15) is 5.10 Å². The average molecular weight is 338 g/mol. The number of hydrogen-bond donors (Lipinski definition) is 2. The standard InChI is InChI=1S/C16H11FN2O3.Na.H2O/c17-13-6-5-9(7-12(13)16(21)22)8-14-10-3-1-2-4-11(10)15(20)19-18-14;;/h1-7H,8H2,(H,19,20)(H,21,22);;1H2/q;+1;/p-1. The van der Waals surface area contributed by atoms with Crippen LogP contribution in [0.5, 0.6) is 0 Å². The molecule has 0 radical (unpaired) electrons. The Bertz CT molecular complexity index is 943. The number of aromatic carboxylic acids is 1. The monoisotopic (exact) mass is 338 g/mol. The summed E-state index contributed by atoms with van der Waals surface area (Å²) in [6.45, 7) is 0. The van der Waals surface area contributed by atoms with E-state index in [1.807, 2.05) is 0 Å². The number of carboxylic acid groups (broad SMARTS) is 1. The van der Waals surface area contributed by atoms with E-state index in [0.717, 1.165) is 6.07 Å². The molecule has 0 unspecified atom stereocenters. The predicted molar refractivity (Wildman–Crippen MR) is 80.5 cm³/mol. The molecule has 24 heavy (non-hydrogen) atoms. The first-order valence-corrected chi connectivity index (χ1v) is 6.54. The van der Waals surface area contributed by atoms with Gasteiger partial charge in [-0.1, -0.05) is 24.3 Å². The van der Waals surface area contributed by atoms with Crippen LogP contribution in [-0.2, 0) is 6.42 Å². The first-order valence-electron chi connectivity index (χ1n) is 6.54. The fraction of sp³-hybridized carbons (Fsp3) is 0.0625. The van der Waals surface area contributed by atoms with Crippen LogP contribution in [-0.4, -0.2) is 26.7 Å². The smallest absolute Gasteiger partial charge is 0.870 e. The number of fused-ring (bicyclic) bond motifs is 1. The van der Waals surface area contributed by atoms with E-state index in [1.165, 1.54) is 12.1 Å². The zero-order valence-corrected chi connectivity index (χ0v) is 14.8. The third-order valence-electron chi connectivity index (χ3n) is 3.41. The van der Waals surface area contributed by atoms with E-state index in [2.05, 4.69) is 10.2 Å². The average Bonchev–Trinajstić information content (AvgIpc) is 2.52. The first kappa shape index (κ1) is 20.0. The van der Waals surface area contributed by atoms with Crippen molar-refractivity contribution in [2.24, 2.45) is 0 Å². The zero-order valence-electron chi connectivity index (χ0n) is 12.8. The van der Waals surface area contributed by atoms with E-state index < -0.39 is 11.8 Å². The van der Waals surface area contributed by atoms with Gasteiger partial charge in [0.2, 0.25) is 0 Å². The molecule has 0 aliphatic rings. The number of hydrogen-bond acceptors (Lipinski definition) is 4. The van der Waals surface area contributed by atoms with E-state index in [0.29, 0.717) is 22.0 Å². The third-order valence-corrected chi connectivity index (χ3v) is 3.41. The number of aromatic amines is 1. The van der Waals surface area contributed by atoms with Gasteiger partial charge in [0.1, 0.15) is 5.82 Å². The molecule has 0 saturated carbocycles. The SMILES string of the molecule is O=C(O)c1cc(Cc2n[nH]c(=O)c3ccccc23)ccc1F.[Na+].[OH-]. The quantitative estimate of drug-likeness (QED) is 0.606. The van der Waals surface area contributed by atoms with E-state index in [1.54, 1.807) is 24.3 Å². The molecule has 3 rings (SSSR count). The van der Waals surface area contributed by atoms with Crippen LogP contribution >= 0.6 is 0 Å². The molecular weight excluding hydrogens is 326 g/mol. The van der Waals surface area contributed by atoms with Crippen molar-refractivity contribution < 1.29 is 49.3 Å². The number of halogens is 1. The number of carbonyl (C=O) groups is 1. The number of carboxylic acids is 1. The van der Waals surface area contributed by atoms with E-state index in [9.17, 15) is 14.0 Å². The number of H-pyrrole nitrogens is 1. The Morgan fingerprint density at radius 3 is 2.50 bits per heavy atom. The predicted octanol–water partition coefficient (Wildman–Crippen LogP) is -0.822. The molecular formula is C16H12FN2NaO4. The summed E-state index contributed by atoms with van der Waals surface area (Å²) in [5.74, 6) is -2.10. The Morgan fingerprint density at radius 1 is 1.17 bits per heavy atom. The van der Waals surface area contributed by atoms with Crippen molar-refractivity contribution in [2.75, 3.05) is 0 Å². The summed E-state index contributed by atoms with van der Waals surface area (Å²) in [7, 11) is 0. The minimum atomic E-state index is -1.32. The van der Waals surface area contributed by atoms with Gasteiger partial charge in [0.25, 0.3) is 5.56 Å².